The molecule has 1 fully saturated rings. The molecule has 2 rings (SSSR count). The van der Waals surface area contributed by atoms with Crippen LogP contribution in [0.3, 0.4) is 0 Å². The summed E-state index contributed by atoms with van der Waals surface area (Å²) in [6, 6.07) is 1.99. The van der Waals surface area contributed by atoms with Gasteiger partial charge >= 0.3 is 0 Å². The van der Waals surface area contributed by atoms with Crippen LogP contribution in [0.4, 0.5) is 0 Å². The Morgan fingerprint density at radius 1 is 1.52 bits per heavy atom. The Labute approximate surface area is 126 Å². The summed E-state index contributed by atoms with van der Waals surface area (Å²) < 4.78 is 28.1. The van der Waals surface area contributed by atoms with Crippen molar-refractivity contribution in [3.8, 4) is 6.07 Å². The Bertz CT molecular complexity index is 642. The van der Waals surface area contributed by atoms with Crippen molar-refractivity contribution in [3.63, 3.8) is 0 Å². The van der Waals surface area contributed by atoms with Gasteiger partial charge in [-0.2, -0.15) is 10.4 Å². The first-order valence-electron chi connectivity index (χ1n) is 7.09. The van der Waals surface area contributed by atoms with Crippen LogP contribution in [0.1, 0.15) is 38.2 Å². The van der Waals surface area contributed by atoms with Crippen LogP contribution in [0.15, 0.2) is 12.4 Å². The lowest BCUT2D eigenvalue weighted by Crippen LogP contribution is -2.32. The molecule has 0 aliphatic carbocycles. The summed E-state index contributed by atoms with van der Waals surface area (Å²) in [6.07, 6.45) is 4.45. The first-order valence-corrected chi connectivity index (χ1v) is 8.70. The number of sulfonamides is 1. The molecule has 0 saturated carbocycles. The van der Waals surface area contributed by atoms with Crippen molar-refractivity contribution in [1.82, 2.24) is 14.1 Å². The van der Waals surface area contributed by atoms with Crippen LogP contribution in [0, 0.1) is 16.7 Å². The number of unbranched alkanes of at least 4 members (excludes halogenated alkanes) is 1. The number of aromatic nitrogens is 2. The second kappa shape index (κ2) is 5.78. The Balaban J connectivity index is 2.14. The van der Waals surface area contributed by atoms with Gasteiger partial charge in [0.2, 0.25) is 10.0 Å². The van der Waals surface area contributed by atoms with E-state index in [0.29, 0.717) is 19.5 Å². The lowest BCUT2D eigenvalue weighted by Gasteiger charge is -2.24. The fourth-order valence-electron chi connectivity index (χ4n) is 2.93. The van der Waals surface area contributed by atoms with Gasteiger partial charge in [0.25, 0.3) is 0 Å². The Kier molecular flexibility index (Phi) is 4.40. The quantitative estimate of drug-likeness (QED) is 0.772. The monoisotopic (exact) mass is 310 g/mol. The molecule has 7 heteroatoms. The molecule has 1 saturated heterocycles. The molecule has 0 radical (unpaired) electrons. The highest BCUT2D eigenvalue weighted by molar-refractivity contribution is 7.89. The molecule has 1 unspecified atom stereocenters. The highest BCUT2D eigenvalue weighted by Crippen LogP contribution is 2.43. The van der Waals surface area contributed by atoms with Crippen molar-refractivity contribution >= 4 is 10.0 Å². The molecule has 0 N–H and O–H groups in total. The third-order valence-corrected chi connectivity index (χ3v) is 5.99. The molecule has 0 spiro atoms. The minimum atomic E-state index is -3.28. The third-order valence-electron chi connectivity index (χ3n) is 4.12. The van der Waals surface area contributed by atoms with Crippen molar-refractivity contribution in [2.24, 2.45) is 12.5 Å². The first-order chi connectivity index (χ1) is 9.76. The van der Waals surface area contributed by atoms with Crippen molar-refractivity contribution in [3.05, 3.63) is 18.0 Å². The van der Waals surface area contributed by atoms with E-state index in [1.54, 1.807) is 8.99 Å². The lowest BCUT2D eigenvalue weighted by atomic mass is 9.79. The smallest absolute Gasteiger partial charge is 0.214 e. The fourth-order valence-corrected chi connectivity index (χ4v) is 4.60. The van der Waals surface area contributed by atoms with Gasteiger partial charge in [-0.15, -0.1) is 0 Å². The molecule has 2 heterocycles. The van der Waals surface area contributed by atoms with E-state index in [1.807, 2.05) is 25.5 Å². The molecule has 0 aromatic carbocycles. The normalized spacial score (nSPS) is 22.3. The van der Waals surface area contributed by atoms with Crippen LogP contribution in [0.5, 0.6) is 0 Å². The van der Waals surface area contributed by atoms with Crippen molar-refractivity contribution in [1.29, 1.82) is 5.26 Å². The van der Waals surface area contributed by atoms with E-state index in [2.05, 4.69) is 18.9 Å². The molecule has 0 amide bonds. The van der Waals surface area contributed by atoms with E-state index < -0.39 is 10.0 Å². The average Bonchev–Trinajstić information content (AvgIpc) is 2.93. The maximum absolute atomic E-state index is 12.4. The molecular weight excluding hydrogens is 288 g/mol. The van der Waals surface area contributed by atoms with E-state index >= 15 is 0 Å². The predicted octanol–water partition coefficient (Wildman–Crippen LogP) is 1.48. The number of aryl methyl sites for hydroxylation is 1. The molecule has 1 aromatic heterocycles. The van der Waals surface area contributed by atoms with Crippen LogP contribution in [-0.2, 0) is 17.1 Å². The van der Waals surface area contributed by atoms with Gasteiger partial charge in [0.1, 0.15) is 0 Å². The summed E-state index contributed by atoms with van der Waals surface area (Å²) in [4.78, 5) is 0. The summed E-state index contributed by atoms with van der Waals surface area (Å²) in [7, 11) is -1.42. The largest absolute Gasteiger partial charge is 0.276 e. The maximum Gasteiger partial charge on any atom is 0.214 e. The summed E-state index contributed by atoms with van der Waals surface area (Å²) in [6.45, 7) is 5.19. The minimum absolute atomic E-state index is 0.0520. The van der Waals surface area contributed by atoms with Crippen LogP contribution in [-0.4, -0.2) is 41.3 Å². The van der Waals surface area contributed by atoms with Gasteiger partial charge in [-0.25, -0.2) is 12.7 Å². The molecule has 1 aromatic rings. The van der Waals surface area contributed by atoms with Crippen molar-refractivity contribution in [2.75, 3.05) is 18.8 Å². The second-order valence-electron chi connectivity index (χ2n) is 6.36. The van der Waals surface area contributed by atoms with Gasteiger partial charge in [-0.3, -0.25) is 4.68 Å². The molecule has 1 aliphatic heterocycles. The summed E-state index contributed by atoms with van der Waals surface area (Å²) in [5.41, 5.74) is 0.961. The molecule has 1 atom stereocenters. The van der Waals surface area contributed by atoms with E-state index in [-0.39, 0.29) is 23.5 Å². The molecular formula is C14H22N4O2S. The zero-order valence-electron chi connectivity index (χ0n) is 12.8. The van der Waals surface area contributed by atoms with E-state index in [9.17, 15) is 8.42 Å². The second-order valence-corrected chi connectivity index (χ2v) is 8.45. The first kappa shape index (κ1) is 16.0. The van der Waals surface area contributed by atoms with Gasteiger partial charge in [0.15, 0.2) is 0 Å². The number of hydrogen-bond acceptors (Lipinski definition) is 4. The number of nitriles is 1. The molecule has 21 heavy (non-hydrogen) atoms. The molecule has 116 valence electrons. The average molecular weight is 310 g/mol. The highest BCUT2D eigenvalue weighted by atomic mass is 32.2. The standard InChI is InChI=1S/C14H22N4O2S/c1-14(2)11-18(21(19,20)7-5-4-6-15)10-13(14)12-8-16-17(3)9-12/h8-9,13H,4-5,7,10-11H2,1-3H3. The minimum Gasteiger partial charge on any atom is -0.276 e. The van der Waals surface area contributed by atoms with Gasteiger partial charge in [-0.05, 0) is 17.4 Å². The predicted molar refractivity (Wildman–Crippen MR) is 79.9 cm³/mol. The molecule has 6 nitrogen and oxygen atoms in total. The van der Waals surface area contributed by atoms with Crippen LogP contribution < -0.4 is 0 Å². The van der Waals surface area contributed by atoms with Gasteiger partial charge in [-0.1, -0.05) is 13.8 Å². The summed E-state index contributed by atoms with van der Waals surface area (Å²) in [5.74, 6) is 0.202. The van der Waals surface area contributed by atoms with Gasteiger partial charge < -0.3 is 0 Å². The highest BCUT2D eigenvalue weighted by Gasteiger charge is 2.44. The van der Waals surface area contributed by atoms with E-state index in [4.69, 9.17) is 5.26 Å². The summed E-state index contributed by atoms with van der Waals surface area (Å²) >= 11 is 0. The number of rotatable bonds is 5. The number of nitrogens with zero attached hydrogens (tertiary/aromatic N) is 4. The van der Waals surface area contributed by atoms with Crippen molar-refractivity contribution < 1.29 is 8.42 Å². The van der Waals surface area contributed by atoms with E-state index in [1.165, 1.54) is 0 Å². The third kappa shape index (κ3) is 3.44. The van der Waals surface area contributed by atoms with Crippen LogP contribution in [0.2, 0.25) is 0 Å². The van der Waals surface area contributed by atoms with Crippen LogP contribution in [0.25, 0.3) is 0 Å². The van der Waals surface area contributed by atoms with E-state index in [0.717, 1.165) is 5.56 Å². The SMILES string of the molecule is Cn1cc(C2CN(S(=O)(=O)CCCC#N)CC2(C)C)cn1. The zero-order valence-corrected chi connectivity index (χ0v) is 13.6. The van der Waals surface area contributed by atoms with Gasteiger partial charge in [0, 0.05) is 38.7 Å². The zero-order chi connectivity index (χ0) is 15.7. The number of hydrogen-bond donors (Lipinski definition) is 0. The Morgan fingerprint density at radius 3 is 2.81 bits per heavy atom. The topological polar surface area (TPSA) is 79.0 Å². The fraction of sp³-hybridized carbons (Fsp3) is 0.714. The summed E-state index contributed by atoms with van der Waals surface area (Å²) in [5, 5.41) is 12.7. The molecule has 0 bridgehead atoms. The molecule has 1 aliphatic rings. The Morgan fingerprint density at radius 2 is 2.24 bits per heavy atom. The van der Waals surface area contributed by atoms with Crippen molar-refractivity contribution in [2.45, 2.75) is 32.6 Å². The maximum atomic E-state index is 12.4. The van der Waals surface area contributed by atoms with Crippen LogP contribution >= 0.6 is 0 Å². The lowest BCUT2D eigenvalue weighted by molar-refractivity contribution is 0.346. The Hall–Kier alpha value is -1.39. The van der Waals surface area contributed by atoms with Gasteiger partial charge in [0.05, 0.1) is 18.0 Å².